The van der Waals surface area contributed by atoms with Gasteiger partial charge in [-0.3, -0.25) is 0 Å². The average molecular weight is 115 g/mol. The first-order chi connectivity index (χ1) is 3.63. The maximum absolute atomic E-state index is 3.72. The molecule has 0 aliphatic heterocycles. The van der Waals surface area contributed by atoms with Gasteiger partial charge in [-0.1, -0.05) is 0 Å². The second-order valence-electron chi connectivity index (χ2n) is 2.38. The second-order valence-corrected chi connectivity index (χ2v) is 2.38. The first-order valence-electron chi connectivity index (χ1n) is 2.79. The van der Waals surface area contributed by atoms with E-state index >= 15 is 0 Å². The van der Waals surface area contributed by atoms with E-state index in [1.165, 1.54) is 0 Å². The highest BCUT2D eigenvalue weighted by Gasteiger charge is 1.92. The second kappa shape index (κ2) is 3.61. The number of hydrogen-bond donors (Lipinski definition) is 0. The van der Waals surface area contributed by atoms with Gasteiger partial charge in [0, 0.05) is 0 Å². The molecule has 0 saturated heterocycles. The smallest absolute Gasteiger partial charge is 0.154 e. The molecule has 0 bridgehead atoms. The molecule has 0 aromatic carbocycles. The predicted octanol–water partition coefficient (Wildman–Crippen LogP) is -0.109. The minimum atomic E-state index is 1.03. The molecule has 0 spiro atoms. The summed E-state index contributed by atoms with van der Waals surface area (Å²) >= 11 is 0. The molecular weight excluding hydrogens is 100 g/mol. The van der Waals surface area contributed by atoms with Crippen LogP contribution in [0.1, 0.15) is 0 Å². The third-order valence-electron chi connectivity index (χ3n) is 0.929. The molecule has 0 N–H and O–H groups in total. The number of hydrogen-bond acceptors (Lipinski definition) is 1. The Bertz CT molecular complexity index is 76.6. The predicted molar refractivity (Wildman–Crippen MR) is 36.7 cm³/mol. The Labute approximate surface area is 51.4 Å². The zero-order valence-corrected chi connectivity index (χ0v) is 6.02. The normalized spacial score (nSPS) is 10.0. The van der Waals surface area contributed by atoms with Crippen molar-refractivity contribution in [1.29, 1.82) is 0 Å². The molecule has 2 heteroatoms. The van der Waals surface area contributed by atoms with E-state index in [0.29, 0.717) is 0 Å². The van der Waals surface area contributed by atoms with E-state index in [2.05, 4.69) is 25.7 Å². The van der Waals surface area contributed by atoms with Gasteiger partial charge in [-0.2, -0.15) is 0 Å². The first-order valence-corrected chi connectivity index (χ1v) is 2.79. The lowest BCUT2D eigenvalue weighted by Gasteiger charge is -2.04. The molecule has 2 nitrogen and oxygen atoms in total. The van der Waals surface area contributed by atoms with Crippen LogP contribution in [0.5, 0.6) is 0 Å². The van der Waals surface area contributed by atoms with Crippen LogP contribution in [0.4, 0.5) is 0 Å². The summed E-state index contributed by atoms with van der Waals surface area (Å²) in [5.41, 5.74) is 0. The molecule has 8 heavy (non-hydrogen) atoms. The van der Waals surface area contributed by atoms with Crippen LogP contribution in [-0.4, -0.2) is 50.4 Å². The van der Waals surface area contributed by atoms with Crippen molar-refractivity contribution >= 4 is 6.72 Å². The van der Waals surface area contributed by atoms with E-state index in [1.807, 2.05) is 11.6 Å². The number of likely N-dealkylation sites (N-methyl/N-ethyl adjacent to an activating group) is 2. The zero-order valence-electron chi connectivity index (χ0n) is 6.02. The van der Waals surface area contributed by atoms with Crippen LogP contribution in [-0.2, 0) is 0 Å². The summed E-state index contributed by atoms with van der Waals surface area (Å²) < 4.78 is 1.93. The van der Waals surface area contributed by atoms with Gasteiger partial charge >= 0.3 is 0 Å². The fraction of sp³-hybridized carbons (Fsp3) is 0.833. The molecule has 0 heterocycles. The molecule has 0 radical (unpaired) electrons. The van der Waals surface area contributed by atoms with Crippen molar-refractivity contribution in [1.82, 2.24) is 4.90 Å². The molecule has 0 atom stereocenters. The van der Waals surface area contributed by atoms with Crippen molar-refractivity contribution < 1.29 is 4.58 Å². The largest absolute Gasteiger partial charge is 0.303 e. The van der Waals surface area contributed by atoms with E-state index in [0.717, 1.165) is 13.1 Å². The van der Waals surface area contributed by atoms with Crippen molar-refractivity contribution in [3.05, 3.63) is 0 Å². The van der Waals surface area contributed by atoms with E-state index in [9.17, 15) is 0 Å². The Hall–Kier alpha value is -0.370. The molecule has 0 aliphatic rings. The van der Waals surface area contributed by atoms with Crippen LogP contribution < -0.4 is 0 Å². The van der Waals surface area contributed by atoms with Gasteiger partial charge in [0.25, 0.3) is 0 Å². The molecule has 0 saturated carbocycles. The van der Waals surface area contributed by atoms with Gasteiger partial charge in [0.15, 0.2) is 6.54 Å². The van der Waals surface area contributed by atoms with Crippen LogP contribution in [0.2, 0.25) is 0 Å². The van der Waals surface area contributed by atoms with Crippen LogP contribution >= 0.6 is 0 Å². The Morgan fingerprint density at radius 3 is 2.12 bits per heavy atom. The van der Waals surface area contributed by atoms with Crippen molar-refractivity contribution in [2.24, 2.45) is 0 Å². The standard InChI is InChI=1S/C6H15N2/c1-7(2)5-6-8(3)4/h1,5-6H2,2-4H3/q+1. The molecular formula is C6H15N2+. The van der Waals surface area contributed by atoms with Crippen molar-refractivity contribution in [2.75, 3.05) is 34.2 Å². The molecule has 0 aliphatic carbocycles. The van der Waals surface area contributed by atoms with Gasteiger partial charge in [0.1, 0.15) is 13.8 Å². The summed E-state index contributed by atoms with van der Waals surface area (Å²) in [5.74, 6) is 0. The van der Waals surface area contributed by atoms with E-state index in [4.69, 9.17) is 0 Å². The fourth-order valence-electron chi connectivity index (χ4n) is 0.371. The topological polar surface area (TPSA) is 6.25 Å². The van der Waals surface area contributed by atoms with E-state index < -0.39 is 0 Å². The third kappa shape index (κ3) is 5.63. The van der Waals surface area contributed by atoms with Gasteiger partial charge in [0.2, 0.25) is 0 Å². The third-order valence-corrected chi connectivity index (χ3v) is 0.929. The summed E-state index contributed by atoms with van der Waals surface area (Å²) in [6, 6.07) is 0. The molecule has 0 unspecified atom stereocenters. The lowest BCUT2D eigenvalue weighted by atomic mass is 10.6. The Morgan fingerprint density at radius 2 is 2.00 bits per heavy atom. The summed E-state index contributed by atoms with van der Waals surface area (Å²) in [4.78, 5) is 2.14. The minimum absolute atomic E-state index is 1.03. The highest BCUT2D eigenvalue weighted by molar-refractivity contribution is 5.14. The summed E-state index contributed by atoms with van der Waals surface area (Å²) in [7, 11) is 6.09. The zero-order chi connectivity index (χ0) is 6.57. The molecule has 0 aromatic heterocycles. The van der Waals surface area contributed by atoms with Crippen molar-refractivity contribution in [3.63, 3.8) is 0 Å². The molecule has 0 fully saturated rings. The van der Waals surface area contributed by atoms with Crippen LogP contribution in [0.3, 0.4) is 0 Å². The van der Waals surface area contributed by atoms with Gasteiger partial charge in [-0.25, -0.2) is 4.58 Å². The Morgan fingerprint density at radius 1 is 1.50 bits per heavy atom. The highest BCUT2D eigenvalue weighted by atomic mass is 15.1. The van der Waals surface area contributed by atoms with Crippen LogP contribution in [0.25, 0.3) is 0 Å². The van der Waals surface area contributed by atoms with E-state index in [1.54, 1.807) is 0 Å². The highest BCUT2D eigenvalue weighted by Crippen LogP contribution is 1.71. The molecule has 48 valence electrons. The monoisotopic (exact) mass is 115 g/mol. The molecule has 0 amide bonds. The first kappa shape index (κ1) is 7.63. The van der Waals surface area contributed by atoms with Gasteiger partial charge < -0.3 is 4.90 Å². The summed E-state index contributed by atoms with van der Waals surface area (Å²) in [6.45, 7) is 5.84. The summed E-state index contributed by atoms with van der Waals surface area (Å²) in [6.07, 6.45) is 0. The molecule has 0 rings (SSSR count). The number of nitrogens with zero attached hydrogens (tertiary/aromatic N) is 2. The van der Waals surface area contributed by atoms with Crippen molar-refractivity contribution in [2.45, 2.75) is 0 Å². The Kier molecular flexibility index (Phi) is 3.44. The maximum Gasteiger partial charge on any atom is 0.154 e. The fourth-order valence-corrected chi connectivity index (χ4v) is 0.371. The lowest BCUT2D eigenvalue weighted by Crippen LogP contribution is -2.21. The van der Waals surface area contributed by atoms with Gasteiger partial charge in [-0.15, -0.1) is 0 Å². The lowest BCUT2D eigenvalue weighted by molar-refractivity contribution is -0.488. The summed E-state index contributed by atoms with van der Waals surface area (Å²) in [5, 5.41) is 0. The van der Waals surface area contributed by atoms with Crippen molar-refractivity contribution in [3.8, 4) is 0 Å². The minimum Gasteiger partial charge on any atom is -0.303 e. The average Bonchev–Trinajstić information content (AvgIpc) is 1.61. The Balaban J connectivity index is 3.05. The van der Waals surface area contributed by atoms with Crippen LogP contribution in [0, 0.1) is 0 Å². The number of rotatable bonds is 3. The van der Waals surface area contributed by atoms with Crippen LogP contribution in [0.15, 0.2) is 0 Å². The van der Waals surface area contributed by atoms with Gasteiger partial charge in [0.05, 0.1) is 6.54 Å². The SMILES string of the molecule is C=[N+](C)CCN(C)C. The maximum atomic E-state index is 3.72. The van der Waals surface area contributed by atoms with Gasteiger partial charge in [-0.05, 0) is 14.1 Å². The quantitative estimate of drug-likeness (QED) is 0.367. The van der Waals surface area contributed by atoms with E-state index in [-0.39, 0.29) is 0 Å². The molecule has 0 aromatic rings.